The molecule has 1 fully saturated rings. The van der Waals surface area contributed by atoms with Crippen LogP contribution in [0.1, 0.15) is 43.9 Å². The van der Waals surface area contributed by atoms with Crippen molar-refractivity contribution in [3.05, 3.63) is 22.4 Å². The van der Waals surface area contributed by atoms with Gasteiger partial charge in [0.15, 0.2) is 5.96 Å². The minimum absolute atomic E-state index is 0. The van der Waals surface area contributed by atoms with Crippen LogP contribution in [-0.4, -0.2) is 48.2 Å². The first-order chi connectivity index (χ1) is 10.6. The molecule has 0 spiro atoms. The average molecular weight is 451 g/mol. The van der Waals surface area contributed by atoms with Crippen molar-refractivity contribution in [3.63, 3.8) is 0 Å². The highest BCUT2D eigenvalue weighted by Crippen LogP contribution is 2.28. The molecule has 0 saturated heterocycles. The van der Waals surface area contributed by atoms with Gasteiger partial charge < -0.3 is 15.3 Å². The lowest BCUT2D eigenvalue weighted by Gasteiger charge is -2.31. The van der Waals surface area contributed by atoms with Gasteiger partial charge in [-0.3, -0.25) is 4.99 Å². The van der Waals surface area contributed by atoms with Crippen LogP contribution in [0.5, 0.6) is 0 Å². The van der Waals surface area contributed by atoms with Crippen molar-refractivity contribution in [3.8, 4) is 0 Å². The highest BCUT2D eigenvalue weighted by Gasteiger charge is 2.29. The smallest absolute Gasteiger partial charge is 0.193 e. The molecule has 1 aliphatic rings. The molecule has 0 amide bonds. The third kappa shape index (κ3) is 6.97. The minimum atomic E-state index is -0.590. The Hall–Kier alpha value is -0.340. The maximum atomic E-state index is 10.6. The molecule has 1 aromatic heterocycles. The molecule has 6 heteroatoms. The van der Waals surface area contributed by atoms with Gasteiger partial charge in [-0.25, -0.2) is 0 Å². The molecule has 0 aromatic carbocycles. The maximum Gasteiger partial charge on any atom is 0.193 e. The van der Waals surface area contributed by atoms with E-state index in [2.05, 4.69) is 41.7 Å². The molecule has 4 nitrogen and oxygen atoms in total. The molecule has 1 heterocycles. The lowest BCUT2D eigenvalue weighted by atomic mass is 9.85. The van der Waals surface area contributed by atoms with E-state index in [-0.39, 0.29) is 24.0 Å². The predicted octanol–water partition coefficient (Wildman–Crippen LogP) is 3.50. The third-order valence-corrected chi connectivity index (χ3v) is 5.21. The summed E-state index contributed by atoms with van der Waals surface area (Å²) in [5.41, 5.74) is -0.590. The monoisotopic (exact) mass is 451 g/mol. The minimum Gasteiger partial charge on any atom is -0.388 e. The lowest BCUT2D eigenvalue weighted by Crippen LogP contribution is -2.42. The first-order valence-electron chi connectivity index (χ1n) is 8.37. The van der Waals surface area contributed by atoms with Gasteiger partial charge in [-0.05, 0) is 37.6 Å². The zero-order valence-corrected chi connectivity index (χ0v) is 17.4. The molecule has 0 atom stereocenters. The van der Waals surface area contributed by atoms with Crippen molar-refractivity contribution in [2.75, 3.05) is 26.7 Å². The summed E-state index contributed by atoms with van der Waals surface area (Å²) in [7, 11) is 2.07. The molecule has 1 aromatic rings. The Morgan fingerprint density at radius 1 is 1.39 bits per heavy atom. The van der Waals surface area contributed by atoms with Crippen molar-refractivity contribution in [2.24, 2.45) is 4.99 Å². The quantitative estimate of drug-likeness (QED) is 0.396. The summed E-state index contributed by atoms with van der Waals surface area (Å²) < 4.78 is 0. The number of likely N-dealkylation sites (N-methyl/N-ethyl adjacent to an activating group) is 1. The van der Waals surface area contributed by atoms with Crippen molar-refractivity contribution in [1.82, 2.24) is 10.2 Å². The van der Waals surface area contributed by atoms with Crippen LogP contribution in [0.2, 0.25) is 0 Å². The summed E-state index contributed by atoms with van der Waals surface area (Å²) in [5, 5.41) is 16.1. The molecule has 1 aliphatic carbocycles. The summed E-state index contributed by atoms with van der Waals surface area (Å²) >= 11 is 1.80. The normalized spacial score (nSPS) is 17.4. The summed E-state index contributed by atoms with van der Waals surface area (Å²) in [6.07, 6.45) is 6.28. The van der Waals surface area contributed by atoms with Gasteiger partial charge in [-0.1, -0.05) is 25.3 Å². The summed E-state index contributed by atoms with van der Waals surface area (Å²) in [6, 6.07) is 4.27. The first-order valence-corrected chi connectivity index (χ1v) is 9.25. The number of aliphatic hydroxyl groups is 1. The van der Waals surface area contributed by atoms with Crippen molar-refractivity contribution in [1.29, 1.82) is 0 Å². The number of hydrogen-bond donors (Lipinski definition) is 2. The molecule has 2 rings (SSSR count). The molecule has 0 radical (unpaired) electrons. The van der Waals surface area contributed by atoms with E-state index in [0.29, 0.717) is 6.54 Å². The van der Waals surface area contributed by atoms with Crippen LogP contribution in [0.25, 0.3) is 0 Å². The molecule has 23 heavy (non-hydrogen) atoms. The van der Waals surface area contributed by atoms with E-state index < -0.39 is 5.60 Å². The summed E-state index contributed by atoms with van der Waals surface area (Å²) in [5.74, 6) is 0.901. The molecular weight excluding hydrogens is 421 g/mol. The van der Waals surface area contributed by atoms with E-state index in [1.807, 2.05) is 0 Å². The highest BCUT2D eigenvalue weighted by atomic mass is 127. The number of halogens is 1. The third-order valence-electron chi connectivity index (χ3n) is 4.28. The number of guanidine groups is 1. The van der Waals surface area contributed by atoms with E-state index in [1.54, 1.807) is 11.3 Å². The predicted molar refractivity (Wildman–Crippen MR) is 110 cm³/mol. The van der Waals surface area contributed by atoms with E-state index in [4.69, 9.17) is 4.99 Å². The first kappa shape index (κ1) is 20.7. The van der Waals surface area contributed by atoms with Crippen molar-refractivity contribution in [2.45, 2.75) is 51.0 Å². The fourth-order valence-electron chi connectivity index (χ4n) is 2.90. The molecule has 0 bridgehead atoms. The van der Waals surface area contributed by atoms with E-state index in [1.165, 1.54) is 11.3 Å². The van der Waals surface area contributed by atoms with Gasteiger partial charge in [0.2, 0.25) is 0 Å². The van der Waals surface area contributed by atoms with Gasteiger partial charge in [0.05, 0.1) is 12.1 Å². The van der Waals surface area contributed by atoms with Crippen molar-refractivity contribution >= 4 is 41.3 Å². The SMILES string of the molecule is CCNC(=NCC1(O)CCCCC1)N(C)CCc1cccs1.I. The highest BCUT2D eigenvalue weighted by molar-refractivity contribution is 14.0. The molecule has 0 unspecified atom stereocenters. The van der Waals surface area contributed by atoms with E-state index in [0.717, 1.165) is 51.2 Å². The Labute approximate surface area is 161 Å². The Morgan fingerprint density at radius 3 is 2.74 bits per heavy atom. The number of thiophene rings is 1. The van der Waals surface area contributed by atoms with Gasteiger partial charge in [-0.2, -0.15) is 0 Å². The van der Waals surface area contributed by atoms with Crippen LogP contribution in [0.4, 0.5) is 0 Å². The number of hydrogen-bond acceptors (Lipinski definition) is 3. The fraction of sp³-hybridized carbons (Fsp3) is 0.706. The van der Waals surface area contributed by atoms with Crippen molar-refractivity contribution < 1.29 is 5.11 Å². The van der Waals surface area contributed by atoms with Gasteiger partial charge in [-0.15, -0.1) is 35.3 Å². The number of rotatable bonds is 6. The molecule has 1 saturated carbocycles. The second-order valence-electron chi connectivity index (χ2n) is 6.21. The molecule has 0 aliphatic heterocycles. The molecular formula is C17H30IN3OS. The second kappa shape index (κ2) is 10.5. The molecule has 132 valence electrons. The molecule has 2 N–H and O–H groups in total. The Bertz CT molecular complexity index is 458. The second-order valence-corrected chi connectivity index (χ2v) is 7.24. The van der Waals surface area contributed by atoms with Gasteiger partial charge in [0, 0.05) is 25.0 Å². The fourth-order valence-corrected chi connectivity index (χ4v) is 3.60. The lowest BCUT2D eigenvalue weighted by molar-refractivity contribution is 0.0130. The van der Waals surface area contributed by atoms with E-state index >= 15 is 0 Å². The van der Waals surface area contributed by atoms with Crippen LogP contribution in [0.15, 0.2) is 22.5 Å². The number of aliphatic imine (C=N–C) groups is 1. The van der Waals surface area contributed by atoms with Gasteiger partial charge in [0.1, 0.15) is 0 Å². The number of nitrogens with one attached hydrogen (secondary N) is 1. The zero-order chi connectivity index (χ0) is 15.8. The van der Waals surface area contributed by atoms with Crippen LogP contribution in [0, 0.1) is 0 Å². The van der Waals surface area contributed by atoms with Crippen LogP contribution < -0.4 is 5.32 Å². The van der Waals surface area contributed by atoms with Gasteiger partial charge in [0.25, 0.3) is 0 Å². The largest absolute Gasteiger partial charge is 0.388 e. The van der Waals surface area contributed by atoms with Crippen LogP contribution in [0.3, 0.4) is 0 Å². The van der Waals surface area contributed by atoms with Gasteiger partial charge >= 0.3 is 0 Å². The Balaban J connectivity index is 0.00000264. The topological polar surface area (TPSA) is 47.9 Å². The number of nitrogens with zero attached hydrogens (tertiary/aromatic N) is 2. The van der Waals surface area contributed by atoms with Crippen LogP contribution >= 0.6 is 35.3 Å². The summed E-state index contributed by atoms with van der Waals surface area (Å²) in [4.78, 5) is 8.25. The maximum absolute atomic E-state index is 10.6. The Morgan fingerprint density at radius 2 is 2.13 bits per heavy atom. The average Bonchev–Trinajstić information content (AvgIpc) is 3.03. The summed E-state index contributed by atoms with van der Waals surface area (Å²) in [6.45, 7) is 4.38. The standard InChI is InChI=1S/C17H29N3OS.HI/c1-3-18-16(19-14-17(21)10-5-4-6-11-17)20(2)12-9-15-8-7-13-22-15;/h7-8,13,21H,3-6,9-12,14H2,1-2H3,(H,18,19);1H. The van der Waals surface area contributed by atoms with E-state index in [9.17, 15) is 5.11 Å². The zero-order valence-electron chi connectivity index (χ0n) is 14.3. The van der Waals surface area contributed by atoms with Crippen LogP contribution in [-0.2, 0) is 6.42 Å². The Kier molecular flexibility index (Phi) is 9.46.